The summed E-state index contributed by atoms with van der Waals surface area (Å²) in [6.45, 7) is 4.63. The molecular formula is C15H19N5O2. The fourth-order valence-electron chi connectivity index (χ4n) is 2.68. The van der Waals surface area contributed by atoms with Gasteiger partial charge in [0.15, 0.2) is 5.69 Å². The lowest BCUT2D eigenvalue weighted by molar-refractivity contribution is 0.0740. The molecule has 1 amide bonds. The van der Waals surface area contributed by atoms with Crippen LogP contribution in [0.15, 0.2) is 24.3 Å². The molecule has 2 heterocycles. The zero-order chi connectivity index (χ0) is 15.5. The van der Waals surface area contributed by atoms with Crippen LogP contribution in [0.3, 0.4) is 0 Å². The third-order valence-corrected chi connectivity index (χ3v) is 3.92. The van der Waals surface area contributed by atoms with Gasteiger partial charge in [-0.25, -0.2) is 0 Å². The first-order valence-electron chi connectivity index (χ1n) is 7.25. The van der Waals surface area contributed by atoms with Gasteiger partial charge in [-0.1, -0.05) is 12.1 Å². The highest BCUT2D eigenvalue weighted by molar-refractivity contribution is 5.93. The first kappa shape index (κ1) is 14.4. The van der Waals surface area contributed by atoms with Crippen molar-refractivity contribution in [1.82, 2.24) is 20.3 Å². The molecule has 1 aromatic heterocycles. The van der Waals surface area contributed by atoms with Crippen LogP contribution in [0, 0.1) is 6.92 Å². The van der Waals surface area contributed by atoms with Crippen LogP contribution < -0.4 is 9.64 Å². The van der Waals surface area contributed by atoms with Gasteiger partial charge in [-0.3, -0.25) is 4.79 Å². The molecule has 1 aliphatic heterocycles. The molecule has 1 aromatic carbocycles. The average molecular weight is 301 g/mol. The number of aryl methyl sites for hydroxylation is 1. The van der Waals surface area contributed by atoms with E-state index in [4.69, 9.17) is 4.74 Å². The minimum Gasteiger partial charge on any atom is -0.495 e. The summed E-state index contributed by atoms with van der Waals surface area (Å²) in [6.07, 6.45) is 0. The molecular weight excluding hydrogens is 282 g/mol. The van der Waals surface area contributed by atoms with E-state index in [1.807, 2.05) is 29.2 Å². The minimum absolute atomic E-state index is 0.0640. The predicted molar refractivity (Wildman–Crippen MR) is 82.2 cm³/mol. The molecule has 0 bridgehead atoms. The normalized spacial score (nSPS) is 15.0. The van der Waals surface area contributed by atoms with Crippen molar-refractivity contribution < 1.29 is 9.53 Å². The molecule has 116 valence electrons. The molecule has 1 fully saturated rings. The number of methoxy groups -OCH3 is 1. The van der Waals surface area contributed by atoms with Crippen LogP contribution in [0.5, 0.6) is 5.75 Å². The van der Waals surface area contributed by atoms with Gasteiger partial charge in [-0.15, -0.1) is 0 Å². The largest absolute Gasteiger partial charge is 0.495 e. The predicted octanol–water partition coefficient (Wildman–Crippen LogP) is 1.08. The second-order valence-corrected chi connectivity index (χ2v) is 5.21. The molecule has 7 nitrogen and oxygen atoms in total. The maximum atomic E-state index is 12.4. The van der Waals surface area contributed by atoms with Gasteiger partial charge in [-0.2, -0.15) is 15.4 Å². The number of aromatic nitrogens is 3. The number of para-hydroxylation sites is 2. The van der Waals surface area contributed by atoms with Gasteiger partial charge < -0.3 is 14.5 Å². The van der Waals surface area contributed by atoms with E-state index in [0.29, 0.717) is 24.5 Å². The zero-order valence-corrected chi connectivity index (χ0v) is 12.7. The Kier molecular flexibility index (Phi) is 3.95. The van der Waals surface area contributed by atoms with Crippen molar-refractivity contribution in [2.75, 3.05) is 38.2 Å². The number of rotatable bonds is 3. The Bertz CT molecular complexity index is 661. The van der Waals surface area contributed by atoms with Crippen molar-refractivity contribution in [2.45, 2.75) is 6.92 Å². The number of aromatic amines is 1. The number of piperazine rings is 1. The molecule has 7 heteroatoms. The lowest BCUT2D eigenvalue weighted by atomic mass is 10.2. The van der Waals surface area contributed by atoms with Gasteiger partial charge in [0, 0.05) is 26.2 Å². The van der Waals surface area contributed by atoms with Crippen molar-refractivity contribution in [3.8, 4) is 5.75 Å². The summed E-state index contributed by atoms with van der Waals surface area (Å²) in [5.74, 6) is 0.792. The Morgan fingerprint density at radius 1 is 1.18 bits per heavy atom. The molecule has 0 saturated carbocycles. The van der Waals surface area contributed by atoms with Crippen molar-refractivity contribution in [3.05, 3.63) is 35.7 Å². The summed E-state index contributed by atoms with van der Waals surface area (Å²) in [7, 11) is 1.67. The molecule has 1 saturated heterocycles. The Morgan fingerprint density at radius 2 is 1.91 bits per heavy atom. The number of ether oxygens (including phenoxy) is 1. The highest BCUT2D eigenvalue weighted by Gasteiger charge is 2.26. The second-order valence-electron chi connectivity index (χ2n) is 5.21. The number of amides is 1. The van der Waals surface area contributed by atoms with Crippen LogP contribution in [-0.2, 0) is 0 Å². The van der Waals surface area contributed by atoms with Gasteiger partial charge in [0.25, 0.3) is 5.91 Å². The topological polar surface area (TPSA) is 74.3 Å². The number of hydrogen-bond donors (Lipinski definition) is 1. The van der Waals surface area contributed by atoms with Crippen molar-refractivity contribution in [2.24, 2.45) is 0 Å². The summed E-state index contributed by atoms with van der Waals surface area (Å²) < 4.78 is 5.40. The number of nitrogens with zero attached hydrogens (tertiary/aromatic N) is 4. The Balaban J connectivity index is 1.68. The molecule has 0 atom stereocenters. The second kappa shape index (κ2) is 6.05. The quantitative estimate of drug-likeness (QED) is 0.918. The summed E-state index contributed by atoms with van der Waals surface area (Å²) in [6, 6.07) is 7.94. The average Bonchev–Trinajstić information content (AvgIpc) is 3.00. The molecule has 22 heavy (non-hydrogen) atoms. The van der Waals surface area contributed by atoms with Crippen molar-refractivity contribution >= 4 is 11.6 Å². The number of H-pyrrole nitrogens is 1. The van der Waals surface area contributed by atoms with Crippen LogP contribution in [0.4, 0.5) is 5.69 Å². The van der Waals surface area contributed by atoms with Gasteiger partial charge in [0.2, 0.25) is 0 Å². The molecule has 2 aromatic rings. The van der Waals surface area contributed by atoms with E-state index in [1.54, 1.807) is 14.0 Å². The zero-order valence-electron chi connectivity index (χ0n) is 12.7. The summed E-state index contributed by atoms with van der Waals surface area (Å²) in [4.78, 5) is 16.5. The highest BCUT2D eigenvalue weighted by atomic mass is 16.5. The SMILES string of the molecule is COc1ccccc1N1CCN(C(=O)c2n[nH]nc2C)CC1. The summed E-state index contributed by atoms with van der Waals surface area (Å²) in [5, 5.41) is 10.3. The fourth-order valence-corrected chi connectivity index (χ4v) is 2.68. The van der Waals surface area contributed by atoms with E-state index in [2.05, 4.69) is 20.3 Å². The standard InChI is InChI=1S/C15H19N5O2/c1-11-14(17-18-16-11)15(21)20-9-7-19(8-10-20)12-5-3-4-6-13(12)22-2/h3-6H,7-10H2,1-2H3,(H,16,17,18). The van der Waals surface area contributed by atoms with Crippen molar-refractivity contribution in [3.63, 3.8) is 0 Å². The maximum Gasteiger partial charge on any atom is 0.276 e. The number of hydrogen-bond acceptors (Lipinski definition) is 5. The van der Waals surface area contributed by atoms with E-state index >= 15 is 0 Å². The van der Waals surface area contributed by atoms with Crippen LogP contribution in [0.2, 0.25) is 0 Å². The van der Waals surface area contributed by atoms with Gasteiger partial charge >= 0.3 is 0 Å². The van der Waals surface area contributed by atoms with Gasteiger partial charge in [0.05, 0.1) is 18.5 Å². The first-order chi connectivity index (χ1) is 10.7. The number of anilines is 1. The number of carbonyl (C=O) groups excluding carboxylic acids is 1. The lowest BCUT2D eigenvalue weighted by Crippen LogP contribution is -2.49. The number of benzene rings is 1. The van der Waals surface area contributed by atoms with Crippen LogP contribution in [0.1, 0.15) is 16.2 Å². The lowest BCUT2D eigenvalue weighted by Gasteiger charge is -2.36. The van der Waals surface area contributed by atoms with Crippen LogP contribution >= 0.6 is 0 Å². The number of carbonyl (C=O) groups is 1. The summed E-state index contributed by atoms with van der Waals surface area (Å²) in [5.41, 5.74) is 2.11. The van der Waals surface area contributed by atoms with E-state index in [1.165, 1.54) is 0 Å². The Labute approximate surface area is 128 Å². The third kappa shape index (κ3) is 2.61. The van der Waals surface area contributed by atoms with E-state index in [0.717, 1.165) is 24.5 Å². The minimum atomic E-state index is -0.0640. The van der Waals surface area contributed by atoms with Gasteiger partial charge in [0.1, 0.15) is 5.75 Å². The molecule has 0 spiro atoms. The first-order valence-corrected chi connectivity index (χ1v) is 7.25. The van der Waals surface area contributed by atoms with E-state index in [-0.39, 0.29) is 5.91 Å². The third-order valence-electron chi connectivity index (χ3n) is 3.92. The maximum absolute atomic E-state index is 12.4. The molecule has 0 unspecified atom stereocenters. The number of nitrogens with one attached hydrogen (secondary N) is 1. The smallest absolute Gasteiger partial charge is 0.276 e. The van der Waals surface area contributed by atoms with Crippen LogP contribution in [-0.4, -0.2) is 59.5 Å². The van der Waals surface area contributed by atoms with E-state index in [9.17, 15) is 4.79 Å². The Morgan fingerprint density at radius 3 is 2.55 bits per heavy atom. The Hall–Kier alpha value is -2.57. The van der Waals surface area contributed by atoms with Crippen LogP contribution in [0.25, 0.3) is 0 Å². The van der Waals surface area contributed by atoms with E-state index < -0.39 is 0 Å². The molecule has 1 N–H and O–H groups in total. The van der Waals surface area contributed by atoms with Gasteiger partial charge in [-0.05, 0) is 19.1 Å². The molecule has 1 aliphatic rings. The molecule has 3 rings (SSSR count). The fraction of sp³-hybridized carbons (Fsp3) is 0.400. The monoisotopic (exact) mass is 301 g/mol. The molecule has 0 radical (unpaired) electrons. The highest BCUT2D eigenvalue weighted by Crippen LogP contribution is 2.28. The van der Waals surface area contributed by atoms with Crippen molar-refractivity contribution in [1.29, 1.82) is 0 Å². The summed E-state index contributed by atoms with van der Waals surface area (Å²) >= 11 is 0. The molecule has 0 aliphatic carbocycles.